The van der Waals surface area contributed by atoms with Gasteiger partial charge in [-0.15, -0.1) is 9.73 Å². The molecule has 6 heteroatoms. The maximum atomic E-state index is 8.82. The highest BCUT2D eigenvalue weighted by Gasteiger charge is 2.12. The summed E-state index contributed by atoms with van der Waals surface area (Å²) in [4.78, 5) is 3.78. The fourth-order valence-electron chi connectivity index (χ4n) is 1.16. The quantitative estimate of drug-likeness (QED) is 0.601. The summed E-state index contributed by atoms with van der Waals surface area (Å²) in [5, 5.41) is 16.7. The maximum Gasteiger partial charge on any atom is 0.154 e. The Hall–Kier alpha value is -2.16. The van der Waals surface area contributed by atoms with Crippen LogP contribution in [0.15, 0.2) is 6.33 Å². The molecule has 13 heavy (non-hydrogen) atoms. The Morgan fingerprint density at radius 3 is 3.08 bits per heavy atom. The monoisotopic (exact) mass is 174 g/mol. The number of rotatable bonds is 0. The molecule has 0 aromatic carbocycles. The number of nitrogens with zero attached hydrogens (tertiary/aromatic N) is 5. The first-order chi connectivity index (χ1) is 6.24. The summed E-state index contributed by atoms with van der Waals surface area (Å²) in [6.07, 6.45) is 1.30. The first-order valence-electron chi connectivity index (χ1n) is 3.60. The summed E-state index contributed by atoms with van der Waals surface area (Å²) in [6.45, 7) is 1.73. The summed E-state index contributed by atoms with van der Waals surface area (Å²) >= 11 is 0. The lowest BCUT2D eigenvalue weighted by Gasteiger charge is -1.93. The van der Waals surface area contributed by atoms with Gasteiger partial charge in [0.2, 0.25) is 0 Å². The Morgan fingerprint density at radius 2 is 2.38 bits per heavy atom. The van der Waals surface area contributed by atoms with Crippen LogP contribution in [0.5, 0.6) is 0 Å². The average Bonchev–Trinajstić information content (AvgIpc) is 2.42. The predicted molar refractivity (Wildman–Crippen MR) is 44.6 cm³/mol. The minimum absolute atomic E-state index is 0.271. The van der Waals surface area contributed by atoms with Crippen LogP contribution >= 0.6 is 0 Å². The third-order valence-electron chi connectivity index (χ3n) is 1.76. The van der Waals surface area contributed by atoms with Crippen molar-refractivity contribution in [3.8, 4) is 6.07 Å². The number of anilines is 1. The average molecular weight is 174 g/mol. The van der Waals surface area contributed by atoms with Gasteiger partial charge in [-0.3, -0.25) is 0 Å². The molecule has 0 aliphatic rings. The number of hydrogen-bond acceptors (Lipinski definition) is 5. The van der Waals surface area contributed by atoms with E-state index in [9.17, 15) is 0 Å². The second-order valence-electron chi connectivity index (χ2n) is 2.56. The van der Waals surface area contributed by atoms with E-state index in [1.54, 1.807) is 6.92 Å². The van der Waals surface area contributed by atoms with Gasteiger partial charge in [-0.2, -0.15) is 10.4 Å². The van der Waals surface area contributed by atoms with Gasteiger partial charge in [0.15, 0.2) is 5.82 Å². The molecule has 0 amide bonds. The lowest BCUT2D eigenvalue weighted by atomic mass is 10.2. The molecule has 0 spiro atoms. The number of nitrogen functional groups attached to an aromatic ring is 1. The molecule has 2 N–H and O–H groups in total. The van der Waals surface area contributed by atoms with Gasteiger partial charge < -0.3 is 5.73 Å². The van der Waals surface area contributed by atoms with E-state index >= 15 is 0 Å². The lowest BCUT2D eigenvalue weighted by molar-refractivity contribution is 0.773. The fraction of sp³-hybridized carbons (Fsp3) is 0.143. The van der Waals surface area contributed by atoms with Gasteiger partial charge >= 0.3 is 0 Å². The van der Waals surface area contributed by atoms with Crippen molar-refractivity contribution in [3.05, 3.63) is 17.6 Å². The van der Waals surface area contributed by atoms with Crippen molar-refractivity contribution in [2.45, 2.75) is 6.92 Å². The van der Waals surface area contributed by atoms with E-state index in [1.807, 2.05) is 6.07 Å². The molecular formula is C7H6N6. The van der Waals surface area contributed by atoms with Crippen LogP contribution in [0, 0.1) is 18.3 Å². The van der Waals surface area contributed by atoms with E-state index in [4.69, 9.17) is 11.0 Å². The lowest BCUT2D eigenvalue weighted by Crippen LogP contribution is -2.00. The normalized spacial score (nSPS) is 10.2. The first-order valence-corrected chi connectivity index (χ1v) is 3.60. The van der Waals surface area contributed by atoms with Crippen LogP contribution in [-0.2, 0) is 0 Å². The summed E-state index contributed by atoms with van der Waals surface area (Å²) in [7, 11) is 0. The van der Waals surface area contributed by atoms with Gasteiger partial charge in [0, 0.05) is 0 Å². The molecule has 0 bridgehead atoms. The molecule has 6 nitrogen and oxygen atoms in total. The van der Waals surface area contributed by atoms with Crippen LogP contribution < -0.4 is 5.73 Å². The van der Waals surface area contributed by atoms with E-state index in [0.29, 0.717) is 16.8 Å². The van der Waals surface area contributed by atoms with Crippen molar-refractivity contribution in [2.75, 3.05) is 5.73 Å². The Balaban J connectivity index is 2.99. The van der Waals surface area contributed by atoms with Crippen LogP contribution in [0.3, 0.4) is 0 Å². The van der Waals surface area contributed by atoms with E-state index in [1.165, 1.54) is 11.0 Å². The minimum atomic E-state index is 0.271. The largest absolute Gasteiger partial charge is 0.382 e. The molecule has 2 heterocycles. The Labute approximate surface area is 73.6 Å². The van der Waals surface area contributed by atoms with E-state index < -0.39 is 0 Å². The van der Waals surface area contributed by atoms with Crippen LogP contribution in [0.1, 0.15) is 11.3 Å². The number of fused-ring (bicyclic) bond motifs is 1. The highest BCUT2D eigenvalue weighted by molar-refractivity contribution is 5.73. The zero-order valence-corrected chi connectivity index (χ0v) is 6.89. The van der Waals surface area contributed by atoms with E-state index in [-0.39, 0.29) is 5.82 Å². The molecule has 64 valence electrons. The third-order valence-corrected chi connectivity index (χ3v) is 1.76. The van der Waals surface area contributed by atoms with Gasteiger partial charge in [0.05, 0.1) is 5.69 Å². The molecule has 0 atom stereocenters. The van der Waals surface area contributed by atoms with Crippen molar-refractivity contribution in [1.29, 1.82) is 5.26 Å². The van der Waals surface area contributed by atoms with Gasteiger partial charge in [0.1, 0.15) is 23.5 Å². The second-order valence-corrected chi connectivity index (χ2v) is 2.56. The Kier molecular flexibility index (Phi) is 1.39. The van der Waals surface area contributed by atoms with Crippen molar-refractivity contribution >= 4 is 11.3 Å². The van der Waals surface area contributed by atoms with Crippen molar-refractivity contribution in [3.63, 3.8) is 0 Å². The molecule has 2 aromatic rings. The highest BCUT2D eigenvalue weighted by atomic mass is 15.4. The predicted octanol–water partition coefficient (Wildman–Crippen LogP) is -0.113. The highest BCUT2D eigenvalue weighted by Crippen LogP contribution is 2.16. The van der Waals surface area contributed by atoms with E-state index in [0.717, 1.165) is 0 Å². The third kappa shape index (κ3) is 0.906. The number of nitrogens with two attached hydrogens (primary N) is 1. The van der Waals surface area contributed by atoms with Crippen LogP contribution in [0.2, 0.25) is 0 Å². The van der Waals surface area contributed by atoms with Gasteiger partial charge in [-0.1, -0.05) is 0 Å². The van der Waals surface area contributed by atoms with Crippen LogP contribution in [0.25, 0.3) is 5.52 Å². The molecule has 0 radical (unpaired) electrons. The second kappa shape index (κ2) is 2.42. The molecule has 0 aliphatic carbocycles. The first kappa shape index (κ1) is 7.49. The minimum Gasteiger partial charge on any atom is -0.382 e. The van der Waals surface area contributed by atoms with Crippen molar-refractivity contribution in [1.82, 2.24) is 19.8 Å². The van der Waals surface area contributed by atoms with Crippen molar-refractivity contribution in [2.24, 2.45) is 0 Å². The molecule has 2 rings (SSSR count). The van der Waals surface area contributed by atoms with Gasteiger partial charge in [-0.25, -0.2) is 4.98 Å². The number of aryl methyl sites for hydroxylation is 1. The molecule has 0 fully saturated rings. The van der Waals surface area contributed by atoms with Gasteiger partial charge in [0.25, 0.3) is 0 Å². The zero-order valence-electron chi connectivity index (χ0n) is 6.89. The van der Waals surface area contributed by atoms with Crippen LogP contribution in [0.4, 0.5) is 5.82 Å². The molecule has 0 saturated heterocycles. The molecule has 0 saturated carbocycles. The Morgan fingerprint density at radius 1 is 1.62 bits per heavy atom. The fourth-order valence-corrected chi connectivity index (χ4v) is 1.16. The molecular weight excluding hydrogens is 168 g/mol. The summed E-state index contributed by atoms with van der Waals surface area (Å²) < 4.78 is 1.32. The maximum absolute atomic E-state index is 8.82. The number of aromatic nitrogens is 4. The summed E-state index contributed by atoms with van der Waals surface area (Å²) in [5.41, 5.74) is 7.09. The van der Waals surface area contributed by atoms with Crippen LogP contribution in [-0.4, -0.2) is 19.8 Å². The molecule has 0 aliphatic heterocycles. The summed E-state index contributed by atoms with van der Waals surface area (Å²) in [6, 6.07) is 2.02. The topological polar surface area (TPSA) is 92.9 Å². The smallest absolute Gasteiger partial charge is 0.154 e. The number of hydrogen-bond donors (Lipinski definition) is 1. The van der Waals surface area contributed by atoms with Gasteiger partial charge in [-0.05, 0) is 6.92 Å². The molecule has 2 aromatic heterocycles. The zero-order chi connectivity index (χ0) is 9.42. The van der Waals surface area contributed by atoms with Crippen molar-refractivity contribution < 1.29 is 0 Å². The Bertz CT molecular complexity index is 505. The van der Waals surface area contributed by atoms with E-state index in [2.05, 4.69) is 15.2 Å². The number of nitriles is 1. The SMILES string of the molecule is Cc1nn2ncnc(N)c2c1C#N. The molecule has 0 unspecified atom stereocenters. The standard InChI is InChI=1S/C7H6N6/c1-4-5(2-8)6-7(9)10-3-11-13(6)12-4/h3H,1H3,(H2,9,10,11). The summed E-state index contributed by atoms with van der Waals surface area (Å²) in [5.74, 6) is 0.271.